The molecule has 2 fully saturated rings. The van der Waals surface area contributed by atoms with Gasteiger partial charge in [-0.3, -0.25) is 4.79 Å². The minimum absolute atomic E-state index is 0.258. The number of rotatable bonds is 29. The van der Waals surface area contributed by atoms with E-state index in [4.69, 9.17) is 29.0 Å². The number of ether oxygens (including phenoxy) is 3. The van der Waals surface area contributed by atoms with E-state index in [0.717, 1.165) is 36.8 Å². The van der Waals surface area contributed by atoms with Gasteiger partial charge in [0.25, 0.3) is 0 Å². The van der Waals surface area contributed by atoms with Crippen molar-refractivity contribution >= 4 is 11.9 Å². The van der Waals surface area contributed by atoms with Gasteiger partial charge in [0.05, 0.1) is 39.2 Å². The highest BCUT2D eigenvalue weighted by molar-refractivity contribution is 5.86. The highest BCUT2D eigenvalue weighted by atomic mass is 17.5. The Morgan fingerprint density at radius 1 is 0.836 bits per heavy atom. The summed E-state index contributed by atoms with van der Waals surface area (Å²) < 4.78 is 20.6. The highest BCUT2D eigenvalue weighted by Crippen LogP contribution is 2.45. The molecule has 0 radical (unpaired) electrons. The Morgan fingerprint density at radius 2 is 1.38 bits per heavy atom. The number of nitrogens with zero attached hydrogens (tertiary/aromatic N) is 1. The Morgan fingerprint density at radius 3 is 1.91 bits per heavy atom. The van der Waals surface area contributed by atoms with Gasteiger partial charge in [0.2, 0.25) is 11.9 Å². The number of unbranched alkanes of at least 4 members (excludes halogenated alkanes) is 11. The summed E-state index contributed by atoms with van der Waals surface area (Å²) >= 11 is 0. The van der Waals surface area contributed by atoms with Crippen LogP contribution in [0.3, 0.4) is 0 Å². The molecule has 2 aromatic carbocycles. The van der Waals surface area contributed by atoms with Crippen LogP contribution in [-0.4, -0.2) is 68.2 Å². The maximum absolute atomic E-state index is 15.0. The van der Waals surface area contributed by atoms with Crippen molar-refractivity contribution in [2.45, 2.75) is 160 Å². The average molecular weight is 765 g/mol. The zero-order valence-corrected chi connectivity index (χ0v) is 34.3. The van der Waals surface area contributed by atoms with Gasteiger partial charge in [0, 0.05) is 32.1 Å². The number of hydrogen-bond acceptors (Lipinski definition) is 8. The third kappa shape index (κ3) is 13.8. The monoisotopic (exact) mass is 765 g/mol. The van der Waals surface area contributed by atoms with Crippen molar-refractivity contribution in [2.75, 3.05) is 27.2 Å². The average Bonchev–Trinajstić information content (AvgIpc) is 3.84. The number of carbonyl (C=O) groups excluding carboxylic acids is 2. The summed E-state index contributed by atoms with van der Waals surface area (Å²) in [7, 11) is 3.65. The molecule has 306 valence electrons. The molecule has 1 heterocycles. The molecule has 55 heavy (non-hydrogen) atoms. The van der Waals surface area contributed by atoms with Crippen LogP contribution in [0.1, 0.15) is 141 Å². The van der Waals surface area contributed by atoms with Crippen molar-refractivity contribution in [3.05, 3.63) is 84.4 Å². The van der Waals surface area contributed by atoms with E-state index in [1.54, 1.807) is 0 Å². The van der Waals surface area contributed by atoms with Crippen LogP contribution in [0.15, 0.2) is 73.3 Å². The van der Waals surface area contributed by atoms with Gasteiger partial charge in [0.1, 0.15) is 12.2 Å². The van der Waals surface area contributed by atoms with E-state index in [0.29, 0.717) is 30.4 Å². The number of esters is 2. The lowest BCUT2D eigenvalue weighted by Gasteiger charge is -2.39. The molecule has 0 spiro atoms. The minimum atomic E-state index is -1.76. The highest BCUT2D eigenvalue weighted by Gasteiger charge is 2.55. The Bertz CT molecular complexity index is 1340. The van der Waals surface area contributed by atoms with Crippen molar-refractivity contribution in [2.24, 2.45) is 5.92 Å². The molecule has 0 aromatic heterocycles. The summed E-state index contributed by atoms with van der Waals surface area (Å²) in [6.45, 7) is 10.7. The standard InChI is InChI=1S/C46H70NO8/c1-6-8-9-10-11-12-13-14-15-16-17-24-32-43(48)52-44(41-36-42(41)54-55-50-5)53-46(38-28-20-18-21-29-38,39-30-22-19-23-31-39)45(49)51-40(27-7-2)35-37(3)47(4)33-25-26-34-47/h7,18-23,28-31,37,40-42,44H,2,6,8-17,24-27,32-36H2,1,3-5H3/q+1. The van der Waals surface area contributed by atoms with E-state index in [1.807, 2.05) is 66.7 Å². The fraction of sp³-hybridized carbons (Fsp3) is 0.652. The number of hydrogen-bond donors (Lipinski definition) is 0. The van der Waals surface area contributed by atoms with E-state index in [1.165, 1.54) is 77.7 Å². The summed E-state index contributed by atoms with van der Waals surface area (Å²) in [6, 6.07) is 19.0. The number of benzene rings is 2. The normalized spacial score (nSPS) is 19.3. The molecular weight excluding hydrogens is 695 g/mol. The molecule has 4 rings (SSSR count). The van der Waals surface area contributed by atoms with Crippen molar-refractivity contribution in [1.29, 1.82) is 0 Å². The van der Waals surface area contributed by atoms with Crippen LogP contribution in [0.2, 0.25) is 0 Å². The molecule has 1 aliphatic carbocycles. The maximum Gasteiger partial charge on any atom is 0.348 e. The van der Waals surface area contributed by atoms with Crippen LogP contribution in [0.25, 0.3) is 0 Å². The Kier molecular flexibility index (Phi) is 19.4. The second-order valence-corrected chi connectivity index (χ2v) is 16.1. The van der Waals surface area contributed by atoms with Gasteiger partial charge in [-0.1, -0.05) is 149 Å². The molecule has 5 atom stereocenters. The lowest BCUT2D eigenvalue weighted by molar-refractivity contribution is -0.920. The van der Waals surface area contributed by atoms with Gasteiger partial charge < -0.3 is 18.7 Å². The van der Waals surface area contributed by atoms with Crippen LogP contribution in [0.5, 0.6) is 0 Å². The molecule has 1 saturated carbocycles. The number of carbonyl (C=O) groups is 2. The van der Waals surface area contributed by atoms with Gasteiger partial charge in [-0.25, -0.2) is 14.6 Å². The van der Waals surface area contributed by atoms with E-state index in [-0.39, 0.29) is 18.4 Å². The second-order valence-electron chi connectivity index (χ2n) is 16.1. The molecule has 2 aliphatic rings. The summed E-state index contributed by atoms with van der Waals surface area (Å²) in [5.41, 5.74) is -0.611. The summed E-state index contributed by atoms with van der Waals surface area (Å²) in [5.74, 6) is -1.34. The number of likely N-dealkylation sites (tertiary alicyclic amines) is 1. The fourth-order valence-electron chi connectivity index (χ4n) is 8.03. The molecule has 1 aliphatic heterocycles. The summed E-state index contributed by atoms with van der Waals surface area (Å²) in [6.07, 6.45) is 18.6. The molecular formula is C46H70NO8+. The quantitative estimate of drug-likeness (QED) is 0.0154. The Balaban J connectivity index is 1.51. The van der Waals surface area contributed by atoms with E-state index in [9.17, 15) is 4.79 Å². The molecule has 0 amide bonds. The minimum Gasteiger partial charge on any atom is -0.459 e. The van der Waals surface area contributed by atoms with Crippen molar-refractivity contribution < 1.29 is 43.1 Å². The molecule has 9 heteroatoms. The van der Waals surface area contributed by atoms with Gasteiger partial charge in [0.15, 0.2) is 0 Å². The Hall–Kier alpha value is -3.08. The van der Waals surface area contributed by atoms with Crippen LogP contribution in [0, 0.1) is 5.92 Å². The smallest absolute Gasteiger partial charge is 0.348 e. The lowest BCUT2D eigenvalue weighted by atomic mass is 9.85. The zero-order chi connectivity index (χ0) is 39.4. The van der Waals surface area contributed by atoms with Crippen LogP contribution in [-0.2, 0) is 44.2 Å². The van der Waals surface area contributed by atoms with Gasteiger partial charge in [-0.2, -0.15) is 0 Å². The third-order valence-electron chi connectivity index (χ3n) is 11.7. The molecule has 2 aromatic rings. The van der Waals surface area contributed by atoms with E-state index < -0.39 is 36.0 Å². The fourth-order valence-corrected chi connectivity index (χ4v) is 8.03. The summed E-state index contributed by atoms with van der Waals surface area (Å²) in [4.78, 5) is 38.7. The lowest BCUT2D eigenvalue weighted by Crippen LogP contribution is -2.51. The topological polar surface area (TPSA) is 89.5 Å². The predicted molar refractivity (Wildman–Crippen MR) is 215 cm³/mol. The van der Waals surface area contributed by atoms with E-state index >= 15 is 4.79 Å². The first kappa shape index (κ1) is 44.6. The second kappa shape index (κ2) is 23.9. The molecule has 0 N–H and O–H groups in total. The Labute approximate surface area is 331 Å². The summed E-state index contributed by atoms with van der Waals surface area (Å²) in [5, 5.41) is 4.81. The molecule has 1 saturated heterocycles. The zero-order valence-electron chi connectivity index (χ0n) is 34.3. The largest absolute Gasteiger partial charge is 0.459 e. The van der Waals surface area contributed by atoms with Crippen LogP contribution >= 0.6 is 0 Å². The molecule has 0 bridgehead atoms. The first-order valence-corrected chi connectivity index (χ1v) is 21.3. The van der Waals surface area contributed by atoms with Gasteiger partial charge in [-0.15, -0.1) is 6.58 Å². The van der Waals surface area contributed by atoms with Crippen molar-refractivity contribution in [1.82, 2.24) is 0 Å². The van der Waals surface area contributed by atoms with Crippen molar-refractivity contribution in [3.8, 4) is 0 Å². The number of quaternary nitrogens is 1. The van der Waals surface area contributed by atoms with Crippen molar-refractivity contribution in [3.63, 3.8) is 0 Å². The van der Waals surface area contributed by atoms with Crippen LogP contribution in [0.4, 0.5) is 0 Å². The first-order valence-electron chi connectivity index (χ1n) is 21.3. The van der Waals surface area contributed by atoms with Gasteiger partial charge in [-0.05, 0) is 30.9 Å². The van der Waals surface area contributed by atoms with Gasteiger partial charge >= 0.3 is 11.9 Å². The van der Waals surface area contributed by atoms with Crippen LogP contribution < -0.4 is 0 Å². The first-order chi connectivity index (χ1) is 26.8. The molecule has 5 unspecified atom stereocenters. The maximum atomic E-state index is 15.0. The molecule has 9 nitrogen and oxygen atoms in total. The van der Waals surface area contributed by atoms with E-state index in [2.05, 4.69) is 27.5 Å². The third-order valence-corrected chi connectivity index (χ3v) is 11.7. The predicted octanol–water partition coefficient (Wildman–Crippen LogP) is 10.3. The SMILES string of the molecule is C=CCC(CC(C)[N+]1(C)CCCC1)OC(=O)C(OC(OC(=O)CCCCCCCCCCCCCC)C1CC1OOOC)(c1ccccc1)c1ccccc1.